The van der Waals surface area contributed by atoms with Crippen LogP contribution in [0.25, 0.3) is 0 Å². The molecule has 0 radical (unpaired) electrons. The highest BCUT2D eigenvalue weighted by atomic mass is 16.6. The third-order valence-corrected chi connectivity index (χ3v) is 5.32. The summed E-state index contributed by atoms with van der Waals surface area (Å²) in [4.78, 5) is 25.8. The van der Waals surface area contributed by atoms with Gasteiger partial charge in [-0.2, -0.15) is 0 Å². The summed E-state index contributed by atoms with van der Waals surface area (Å²) < 4.78 is 10.9. The molecule has 2 atom stereocenters. The minimum atomic E-state index is -2.01. The van der Waals surface area contributed by atoms with Gasteiger partial charge in [-0.15, -0.1) is 0 Å². The smallest absolute Gasteiger partial charge is 0.271 e. The molecule has 1 heterocycles. The first kappa shape index (κ1) is 17.7. The van der Waals surface area contributed by atoms with E-state index in [9.17, 15) is 14.7 Å². The lowest BCUT2D eigenvalue weighted by molar-refractivity contribution is -0.176. The Morgan fingerprint density at radius 3 is 2.67 bits per heavy atom. The van der Waals surface area contributed by atoms with E-state index in [2.05, 4.69) is 5.32 Å². The molecule has 0 fully saturated rings. The van der Waals surface area contributed by atoms with Crippen molar-refractivity contribution in [2.24, 2.45) is 0 Å². The fourth-order valence-corrected chi connectivity index (χ4v) is 4.01. The topological polar surface area (TPSA) is 84.9 Å². The number of aliphatic hydroxyl groups is 1. The molecule has 4 rings (SSSR count). The number of ether oxygens (including phenoxy) is 2. The summed E-state index contributed by atoms with van der Waals surface area (Å²) in [5.41, 5.74) is 0.389. The Labute approximate surface area is 157 Å². The van der Waals surface area contributed by atoms with E-state index >= 15 is 0 Å². The molecule has 6 heteroatoms. The number of nitrogens with one attached hydrogen (secondary N) is 1. The van der Waals surface area contributed by atoms with Crippen molar-refractivity contribution in [1.82, 2.24) is 5.32 Å². The number of fused-ring (bicyclic) bond motifs is 5. The lowest BCUT2D eigenvalue weighted by Gasteiger charge is -2.34. The highest BCUT2D eigenvalue weighted by Gasteiger charge is 2.71. The van der Waals surface area contributed by atoms with E-state index in [-0.39, 0.29) is 12.5 Å². The van der Waals surface area contributed by atoms with Crippen molar-refractivity contribution < 1.29 is 24.2 Å². The van der Waals surface area contributed by atoms with Gasteiger partial charge >= 0.3 is 0 Å². The van der Waals surface area contributed by atoms with Gasteiger partial charge in [-0.25, -0.2) is 0 Å². The number of amides is 1. The zero-order chi connectivity index (χ0) is 19.4. The molecule has 0 spiro atoms. The summed E-state index contributed by atoms with van der Waals surface area (Å²) in [6.07, 6.45) is 0. The van der Waals surface area contributed by atoms with Crippen molar-refractivity contribution in [2.75, 3.05) is 13.7 Å². The second-order valence-corrected chi connectivity index (χ2v) is 7.26. The molecule has 6 nitrogen and oxygen atoms in total. The molecule has 1 aliphatic carbocycles. The van der Waals surface area contributed by atoms with Gasteiger partial charge in [0.05, 0.1) is 0 Å². The monoisotopic (exact) mass is 367 g/mol. The summed E-state index contributed by atoms with van der Waals surface area (Å²) in [5, 5.41) is 14.3. The standard InChI is InChI=1S/C21H21NO5/c1-12(2)13-8-9-16-17(10-13)27-21(25)15-7-5-4-6-14(15)19(24)20(16,21)22-18(23)11-26-3/h4-10,12,25H,11H2,1-3H3,(H,22,23). The zero-order valence-corrected chi connectivity index (χ0v) is 15.4. The van der Waals surface area contributed by atoms with Crippen LogP contribution in [0.5, 0.6) is 5.75 Å². The molecule has 140 valence electrons. The number of methoxy groups -OCH3 is 1. The molecule has 2 aromatic rings. The van der Waals surface area contributed by atoms with Crippen molar-refractivity contribution >= 4 is 11.7 Å². The number of rotatable bonds is 4. The molecule has 0 saturated heterocycles. The van der Waals surface area contributed by atoms with Crippen molar-refractivity contribution in [1.29, 1.82) is 0 Å². The van der Waals surface area contributed by atoms with Gasteiger partial charge < -0.3 is 19.9 Å². The minimum Gasteiger partial charge on any atom is -0.454 e. The highest BCUT2D eigenvalue weighted by molar-refractivity contribution is 6.12. The number of hydrogen-bond donors (Lipinski definition) is 2. The first-order chi connectivity index (χ1) is 12.8. The van der Waals surface area contributed by atoms with E-state index in [0.29, 0.717) is 22.4 Å². The zero-order valence-electron chi connectivity index (χ0n) is 15.4. The molecule has 27 heavy (non-hydrogen) atoms. The van der Waals surface area contributed by atoms with Crippen LogP contribution in [0.3, 0.4) is 0 Å². The van der Waals surface area contributed by atoms with Crippen LogP contribution in [0, 0.1) is 0 Å². The van der Waals surface area contributed by atoms with Crippen molar-refractivity contribution in [3.63, 3.8) is 0 Å². The second kappa shape index (κ2) is 5.90. The van der Waals surface area contributed by atoms with Gasteiger partial charge in [0, 0.05) is 23.8 Å². The van der Waals surface area contributed by atoms with E-state index in [4.69, 9.17) is 9.47 Å². The molecular formula is C21H21NO5. The van der Waals surface area contributed by atoms with Gasteiger partial charge in [-0.3, -0.25) is 9.59 Å². The Morgan fingerprint density at radius 2 is 1.96 bits per heavy atom. The predicted octanol–water partition coefficient (Wildman–Crippen LogP) is 2.20. The van der Waals surface area contributed by atoms with Crippen molar-refractivity contribution in [3.05, 3.63) is 64.7 Å². The third-order valence-electron chi connectivity index (χ3n) is 5.32. The van der Waals surface area contributed by atoms with Crippen LogP contribution in [0.15, 0.2) is 42.5 Å². The quantitative estimate of drug-likeness (QED) is 0.865. The maximum Gasteiger partial charge on any atom is 0.271 e. The van der Waals surface area contributed by atoms with E-state index in [0.717, 1.165) is 5.56 Å². The Bertz CT molecular complexity index is 953. The first-order valence-corrected chi connectivity index (χ1v) is 8.85. The van der Waals surface area contributed by atoms with Crippen molar-refractivity contribution in [2.45, 2.75) is 31.1 Å². The average molecular weight is 367 g/mol. The molecular weight excluding hydrogens is 346 g/mol. The number of Topliss-reactive ketones (excluding diaryl/α,β-unsaturated/α-hetero) is 1. The Hall–Kier alpha value is -2.70. The maximum absolute atomic E-state index is 13.4. The number of ketones is 1. The highest BCUT2D eigenvalue weighted by Crippen LogP contribution is 2.58. The summed E-state index contributed by atoms with van der Waals surface area (Å²) in [5.74, 6) is -2.29. The van der Waals surface area contributed by atoms with Gasteiger partial charge in [0.2, 0.25) is 17.2 Å². The molecule has 2 aromatic carbocycles. The van der Waals surface area contributed by atoms with E-state index in [1.165, 1.54) is 7.11 Å². The molecule has 0 aromatic heterocycles. The van der Waals surface area contributed by atoms with Crippen LogP contribution >= 0.6 is 0 Å². The van der Waals surface area contributed by atoms with Crippen LogP contribution in [-0.2, 0) is 20.9 Å². The molecule has 1 aliphatic heterocycles. The lowest BCUT2D eigenvalue weighted by atomic mass is 9.82. The Kier molecular flexibility index (Phi) is 3.87. The Balaban J connectivity index is 1.95. The summed E-state index contributed by atoms with van der Waals surface area (Å²) >= 11 is 0. The van der Waals surface area contributed by atoms with Gasteiger partial charge in [-0.1, -0.05) is 50.2 Å². The normalized spacial score (nSPS) is 25.0. The van der Waals surface area contributed by atoms with Crippen LogP contribution in [0.2, 0.25) is 0 Å². The van der Waals surface area contributed by atoms with Crippen molar-refractivity contribution in [3.8, 4) is 5.75 Å². The third kappa shape index (κ3) is 2.20. The fraction of sp³-hybridized carbons (Fsp3) is 0.333. The van der Waals surface area contributed by atoms with Gasteiger partial charge in [-0.05, 0) is 17.5 Å². The largest absolute Gasteiger partial charge is 0.454 e. The molecule has 2 unspecified atom stereocenters. The first-order valence-electron chi connectivity index (χ1n) is 8.85. The van der Waals surface area contributed by atoms with Gasteiger partial charge in [0.25, 0.3) is 5.79 Å². The van der Waals surface area contributed by atoms with Crippen LogP contribution in [0.4, 0.5) is 0 Å². The summed E-state index contributed by atoms with van der Waals surface area (Å²) in [6, 6.07) is 12.2. The van der Waals surface area contributed by atoms with Gasteiger partial charge in [0.15, 0.2) is 0 Å². The molecule has 2 aliphatic rings. The van der Waals surface area contributed by atoms with Gasteiger partial charge in [0.1, 0.15) is 12.4 Å². The molecule has 0 saturated carbocycles. The molecule has 2 N–H and O–H groups in total. The van der Waals surface area contributed by atoms with E-state index < -0.39 is 23.0 Å². The number of carbonyl (C=O) groups excluding carboxylic acids is 2. The summed E-state index contributed by atoms with van der Waals surface area (Å²) in [7, 11) is 1.39. The maximum atomic E-state index is 13.4. The van der Waals surface area contributed by atoms with Crippen LogP contribution < -0.4 is 10.1 Å². The number of hydrogen-bond acceptors (Lipinski definition) is 5. The lowest BCUT2D eigenvalue weighted by Crippen LogP contribution is -2.60. The van der Waals surface area contributed by atoms with Crippen LogP contribution in [0.1, 0.15) is 46.8 Å². The SMILES string of the molecule is COCC(=O)NC12C(=O)c3ccccc3C1(O)Oc1cc(C(C)C)ccc12. The Morgan fingerprint density at radius 1 is 1.22 bits per heavy atom. The summed E-state index contributed by atoms with van der Waals surface area (Å²) in [6.45, 7) is 3.85. The number of benzene rings is 2. The average Bonchev–Trinajstić information content (AvgIpc) is 2.99. The predicted molar refractivity (Wildman–Crippen MR) is 97.5 cm³/mol. The van der Waals surface area contributed by atoms with Crippen LogP contribution in [-0.4, -0.2) is 30.5 Å². The fourth-order valence-electron chi connectivity index (χ4n) is 4.01. The number of carbonyl (C=O) groups is 2. The molecule has 0 bridgehead atoms. The van der Waals surface area contributed by atoms with E-state index in [1.807, 2.05) is 26.0 Å². The van der Waals surface area contributed by atoms with E-state index in [1.54, 1.807) is 30.3 Å². The minimum absolute atomic E-state index is 0.235. The molecule has 1 amide bonds. The second-order valence-electron chi connectivity index (χ2n) is 7.26.